The van der Waals surface area contributed by atoms with Gasteiger partial charge in [0, 0.05) is 50.2 Å². The summed E-state index contributed by atoms with van der Waals surface area (Å²) in [5, 5.41) is 3.74. The minimum Gasteiger partial charge on any atom is -0.381 e. The molecule has 5 heteroatoms. The van der Waals surface area contributed by atoms with Crippen LogP contribution in [-0.2, 0) is 9.47 Å². The molecule has 3 aliphatic rings. The van der Waals surface area contributed by atoms with Gasteiger partial charge in [0.1, 0.15) is 0 Å². The molecule has 0 amide bonds. The van der Waals surface area contributed by atoms with E-state index >= 15 is 0 Å². The van der Waals surface area contributed by atoms with Gasteiger partial charge in [0.05, 0.1) is 12.2 Å². The van der Waals surface area contributed by atoms with E-state index in [2.05, 4.69) is 37.9 Å². The number of likely N-dealkylation sites (tertiary alicyclic amines) is 1. The van der Waals surface area contributed by atoms with Crippen LogP contribution in [-0.4, -0.2) is 62.5 Å². The highest BCUT2D eigenvalue weighted by molar-refractivity contribution is 5.81. The first-order valence-electron chi connectivity index (χ1n) is 9.05. The van der Waals surface area contributed by atoms with E-state index in [0.717, 1.165) is 45.2 Å². The lowest BCUT2D eigenvalue weighted by atomic mass is 9.56. The van der Waals surface area contributed by atoms with Crippen LogP contribution in [0.5, 0.6) is 0 Å². The Hall–Kier alpha value is -0.810. The zero-order valence-electron chi connectivity index (χ0n) is 15.4. The van der Waals surface area contributed by atoms with Crippen molar-refractivity contribution in [1.82, 2.24) is 10.2 Å². The summed E-state index contributed by atoms with van der Waals surface area (Å²) < 4.78 is 11.4. The maximum absolute atomic E-state index is 5.75. The van der Waals surface area contributed by atoms with Crippen LogP contribution in [0, 0.1) is 10.8 Å². The summed E-state index contributed by atoms with van der Waals surface area (Å²) in [6.07, 6.45) is 3.45. The van der Waals surface area contributed by atoms with Gasteiger partial charge in [-0.2, -0.15) is 0 Å². The van der Waals surface area contributed by atoms with Crippen LogP contribution in [0.2, 0.25) is 0 Å². The molecular formula is C18H33N3O2. The highest BCUT2D eigenvalue weighted by atomic mass is 16.5. The van der Waals surface area contributed by atoms with Crippen LogP contribution in [0.15, 0.2) is 4.99 Å². The standard InChI is InChI=1S/C18H33N3O2/c1-6-19-15(20-14-11-17(4,22-5)16(14,2)3)21-9-7-18(12-21)8-10-23-13-18/h14H,6-13H2,1-5H3,(H,19,20). The molecule has 1 N–H and O–H groups in total. The van der Waals surface area contributed by atoms with Crippen molar-refractivity contribution >= 4 is 5.96 Å². The van der Waals surface area contributed by atoms with Crippen molar-refractivity contribution in [2.75, 3.05) is 40.0 Å². The molecule has 0 aromatic rings. The highest BCUT2D eigenvalue weighted by Crippen LogP contribution is 2.51. The topological polar surface area (TPSA) is 46.1 Å². The number of nitrogens with zero attached hydrogens (tertiary/aromatic N) is 2. The number of ether oxygens (including phenoxy) is 2. The average molecular weight is 323 g/mol. The van der Waals surface area contributed by atoms with Crippen LogP contribution < -0.4 is 5.32 Å². The first kappa shape index (κ1) is 17.0. The van der Waals surface area contributed by atoms with Gasteiger partial charge in [-0.3, -0.25) is 4.99 Å². The first-order chi connectivity index (χ1) is 10.9. The molecule has 1 spiro atoms. The second kappa shape index (κ2) is 5.92. The average Bonchev–Trinajstić information content (AvgIpc) is 3.16. The van der Waals surface area contributed by atoms with E-state index in [1.807, 2.05) is 7.11 Å². The Labute approximate surface area is 140 Å². The summed E-state index contributed by atoms with van der Waals surface area (Å²) in [6, 6.07) is 0.411. The molecule has 2 saturated heterocycles. The van der Waals surface area contributed by atoms with Crippen LogP contribution >= 0.6 is 0 Å². The van der Waals surface area contributed by atoms with Crippen molar-refractivity contribution < 1.29 is 9.47 Å². The van der Waals surface area contributed by atoms with Gasteiger partial charge >= 0.3 is 0 Å². The lowest BCUT2D eigenvalue weighted by Gasteiger charge is -2.59. The van der Waals surface area contributed by atoms with E-state index in [1.165, 1.54) is 12.8 Å². The molecule has 2 heterocycles. The molecule has 0 radical (unpaired) electrons. The fourth-order valence-electron chi connectivity index (χ4n) is 4.35. The first-order valence-corrected chi connectivity index (χ1v) is 9.05. The Morgan fingerprint density at radius 2 is 2.13 bits per heavy atom. The van der Waals surface area contributed by atoms with E-state index in [-0.39, 0.29) is 11.0 Å². The third-order valence-corrected chi connectivity index (χ3v) is 6.81. The summed E-state index contributed by atoms with van der Waals surface area (Å²) in [5.41, 5.74) is 0.421. The van der Waals surface area contributed by atoms with Gasteiger partial charge in [-0.25, -0.2) is 0 Å². The highest BCUT2D eigenvalue weighted by Gasteiger charge is 2.58. The molecule has 0 bridgehead atoms. The Bertz CT molecular complexity index is 471. The van der Waals surface area contributed by atoms with Crippen LogP contribution in [0.3, 0.4) is 0 Å². The molecular weight excluding hydrogens is 290 g/mol. The second-order valence-electron chi connectivity index (χ2n) is 8.33. The van der Waals surface area contributed by atoms with Crippen molar-refractivity contribution in [3.8, 4) is 0 Å². The molecule has 3 atom stereocenters. The zero-order chi connectivity index (χ0) is 16.7. The maximum Gasteiger partial charge on any atom is 0.194 e. The van der Waals surface area contributed by atoms with Gasteiger partial charge in [-0.1, -0.05) is 13.8 Å². The quantitative estimate of drug-likeness (QED) is 0.639. The molecule has 0 aromatic carbocycles. The molecule has 1 saturated carbocycles. The molecule has 3 unspecified atom stereocenters. The predicted molar refractivity (Wildman–Crippen MR) is 92.8 cm³/mol. The van der Waals surface area contributed by atoms with Gasteiger partial charge in [0.25, 0.3) is 0 Å². The van der Waals surface area contributed by atoms with Crippen LogP contribution in [0.1, 0.15) is 47.0 Å². The van der Waals surface area contributed by atoms with Gasteiger partial charge in [0.15, 0.2) is 5.96 Å². The van der Waals surface area contributed by atoms with Crippen LogP contribution in [0.25, 0.3) is 0 Å². The molecule has 0 aromatic heterocycles. The van der Waals surface area contributed by atoms with Crippen LogP contribution in [0.4, 0.5) is 0 Å². The van der Waals surface area contributed by atoms with Crippen molar-refractivity contribution in [3.05, 3.63) is 0 Å². The van der Waals surface area contributed by atoms with Crippen molar-refractivity contribution in [1.29, 1.82) is 0 Å². The zero-order valence-corrected chi connectivity index (χ0v) is 15.4. The number of rotatable bonds is 3. The molecule has 3 fully saturated rings. The van der Waals surface area contributed by atoms with Gasteiger partial charge in [0.2, 0.25) is 0 Å². The number of aliphatic imine (C=N–C) groups is 1. The number of hydrogen-bond donors (Lipinski definition) is 1. The number of nitrogens with one attached hydrogen (secondary N) is 1. The third-order valence-electron chi connectivity index (χ3n) is 6.81. The second-order valence-corrected chi connectivity index (χ2v) is 8.33. The largest absolute Gasteiger partial charge is 0.381 e. The Morgan fingerprint density at radius 1 is 1.35 bits per heavy atom. The summed E-state index contributed by atoms with van der Waals surface area (Å²) in [5.74, 6) is 1.08. The normalized spacial score (nSPS) is 39.8. The number of methoxy groups -OCH3 is 1. The fourth-order valence-corrected chi connectivity index (χ4v) is 4.35. The van der Waals surface area contributed by atoms with Gasteiger partial charge in [-0.05, 0) is 33.1 Å². The lowest BCUT2D eigenvalue weighted by Crippen LogP contribution is -2.69. The van der Waals surface area contributed by atoms with Crippen molar-refractivity contribution in [3.63, 3.8) is 0 Å². The SMILES string of the molecule is CCN=C(NC1CC(C)(OC)C1(C)C)N1CCC2(CCOC2)C1. The smallest absolute Gasteiger partial charge is 0.194 e. The summed E-state index contributed by atoms with van der Waals surface area (Å²) in [6.45, 7) is 13.7. The lowest BCUT2D eigenvalue weighted by molar-refractivity contribution is -0.177. The van der Waals surface area contributed by atoms with E-state index in [4.69, 9.17) is 14.5 Å². The fraction of sp³-hybridized carbons (Fsp3) is 0.944. The minimum atomic E-state index is -0.0481. The molecule has 5 nitrogen and oxygen atoms in total. The summed E-state index contributed by atoms with van der Waals surface area (Å²) in [4.78, 5) is 7.21. The molecule has 2 aliphatic heterocycles. The Balaban J connectivity index is 1.66. The molecule has 1 aliphatic carbocycles. The molecule has 132 valence electrons. The van der Waals surface area contributed by atoms with Gasteiger partial charge < -0.3 is 19.7 Å². The van der Waals surface area contributed by atoms with Crippen molar-refractivity contribution in [2.45, 2.75) is 58.6 Å². The van der Waals surface area contributed by atoms with E-state index in [1.54, 1.807) is 0 Å². The number of hydrogen-bond acceptors (Lipinski definition) is 3. The minimum absolute atomic E-state index is 0.0481. The van der Waals surface area contributed by atoms with E-state index in [9.17, 15) is 0 Å². The monoisotopic (exact) mass is 323 g/mol. The third kappa shape index (κ3) is 2.76. The van der Waals surface area contributed by atoms with Crippen molar-refractivity contribution in [2.24, 2.45) is 15.8 Å². The van der Waals surface area contributed by atoms with E-state index < -0.39 is 0 Å². The summed E-state index contributed by atoms with van der Waals surface area (Å²) in [7, 11) is 1.82. The Morgan fingerprint density at radius 3 is 2.70 bits per heavy atom. The Kier molecular flexibility index (Phi) is 4.38. The predicted octanol–water partition coefficient (Wildman–Crippen LogP) is 2.27. The molecule has 3 rings (SSSR count). The maximum atomic E-state index is 5.75. The van der Waals surface area contributed by atoms with Gasteiger partial charge in [-0.15, -0.1) is 0 Å². The van der Waals surface area contributed by atoms with E-state index in [0.29, 0.717) is 11.5 Å². The number of guanidine groups is 1. The summed E-state index contributed by atoms with van der Waals surface area (Å²) >= 11 is 0. The molecule has 23 heavy (non-hydrogen) atoms.